The minimum Gasteiger partial charge on any atom is -0.491 e. The van der Waals surface area contributed by atoms with Gasteiger partial charge >= 0.3 is 0 Å². The molecule has 106 valence electrons. The van der Waals surface area contributed by atoms with Crippen molar-refractivity contribution >= 4 is 0 Å². The molecule has 5 heteroatoms. The Morgan fingerprint density at radius 3 is 3.00 bits per heavy atom. The second kappa shape index (κ2) is 5.25. The van der Waals surface area contributed by atoms with Crippen LogP contribution in [0.15, 0.2) is 24.3 Å². The molecule has 0 spiro atoms. The zero-order chi connectivity index (χ0) is 14.1. The maximum absolute atomic E-state index is 5.75. The second-order valence-electron chi connectivity index (χ2n) is 5.40. The molecule has 0 fully saturated rings. The van der Waals surface area contributed by atoms with Gasteiger partial charge in [-0.1, -0.05) is 12.1 Å². The molecule has 0 amide bonds. The van der Waals surface area contributed by atoms with E-state index >= 15 is 0 Å². The van der Waals surface area contributed by atoms with Crippen molar-refractivity contribution in [3.63, 3.8) is 0 Å². The average Bonchev–Trinajstić information content (AvgIpc) is 2.83. The maximum Gasteiger partial charge on any atom is 0.164 e. The van der Waals surface area contributed by atoms with Gasteiger partial charge in [0, 0.05) is 18.7 Å². The standard InChI is InChI=1S/C15H20N4O/c1-10(2)20-13-6-4-5-12(9-13)15-18-17-14-11(3)16-7-8-19(14)15/h4-6,9-11,16H,7-8H2,1-3H3. The summed E-state index contributed by atoms with van der Waals surface area (Å²) >= 11 is 0. The van der Waals surface area contributed by atoms with Crippen molar-refractivity contribution in [1.82, 2.24) is 20.1 Å². The minimum atomic E-state index is 0.168. The molecule has 2 heterocycles. The molecule has 1 aliphatic rings. The van der Waals surface area contributed by atoms with Crippen LogP contribution < -0.4 is 10.1 Å². The Morgan fingerprint density at radius 1 is 1.35 bits per heavy atom. The SMILES string of the molecule is CC(C)Oc1cccc(-c2nnc3n2CCNC3C)c1. The highest BCUT2D eigenvalue weighted by Crippen LogP contribution is 2.26. The Labute approximate surface area is 119 Å². The molecule has 0 saturated heterocycles. The number of rotatable bonds is 3. The average molecular weight is 272 g/mol. The molecular formula is C15H20N4O. The third kappa shape index (κ3) is 2.41. The number of nitrogens with zero attached hydrogens (tertiary/aromatic N) is 3. The van der Waals surface area contributed by atoms with Crippen molar-refractivity contribution in [2.75, 3.05) is 6.54 Å². The van der Waals surface area contributed by atoms with Gasteiger partial charge in [0.2, 0.25) is 0 Å². The van der Waals surface area contributed by atoms with E-state index in [1.807, 2.05) is 32.0 Å². The van der Waals surface area contributed by atoms with E-state index in [9.17, 15) is 0 Å². The molecule has 3 rings (SSSR count). The quantitative estimate of drug-likeness (QED) is 0.932. The van der Waals surface area contributed by atoms with Crippen molar-refractivity contribution in [2.45, 2.75) is 39.5 Å². The molecule has 0 radical (unpaired) electrons. The fraction of sp³-hybridized carbons (Fsp3) is 0.467. The molecule has 0 aliphatic carbocycles. The number of aromatic nitrogens is 3. The Balaban J connectivity index is 1.97. The summed E-state index contributed by atoms with van der Waals surface area (Å²) in [5.74, 6) is 2.79. The van der Waals surface area contributed by atoms with E-state index in [1.165, 1.54) is 0 Å². The molecule has 20 heavy (non-hydrogen) atoms. The summed E-state index contributed by atoms with van der Waals surface area (Å²) in [4.78, 5) is 0. The Morgan fingerprint density at radius 2 is 2.20 bits per heavy atom. The molecule has 1 aliphatic heterocycles. The fourth-order valence-electron chi connectivity index (χ4n) is 2.53. The van der Waals surface area contributed by atoms with E-state index in [0.29, 0.717) is 0 Å². The first-order valence-electron chi connectivity index (χ1n) is 7.08. The zero-order valence-electron chi connectivity index (χ0n) is 12.1. The van der Waals surface area contributed by atoms with Gasteiger partial charge in [-0.25, -0.2) is 0 Å². The summed E-state index contributed by atoms with van der Waals surface area (Å²) < 4.78 is 7.94. The molecule has 2 aromatic rings. The van der Waals surface area contributed by atoms with Crippen molar-refractivity contribution in [3.05, 3.63) is 30.1 Å². The number of hydrogen-bond donors (Lipinski definition) is 1. The number of hydrogen-bond acceptors (Lipinski definition) is 4. The monoisotopic (exact) mass is 272 g/mol. The minimum absolute atomic E-state index is 0.168. The summed E-state index contributed by atoms with van der Waals surface area (Å²) in [6.45, 7) is 8.01. The van der Waals surface area contributed by atoms with Crippen LogP contribution in [0.3, 0.4) is 0 Å². The van der Waals surface area contributed by atoms with Crippen LogP contribution in [0.25, 0.3) is 11.4 Å². The molecule has 5 nitrogen and oxygen atoms in total. The first kappa shape index (κ1) is 13.1. The molecule has 0 bridgehead atoms. The van der Waals surface area contributed by atoms with Gasteiger partial charge in [-0.2, -0.15) is 0 Å². The third-order valence-corrected chi connectivity index (χ3v) is 3.42. The lowest BCUT2D eigenvalue weighted by Crippen LogP contribution is -2.32. The van der Waals surface area contributed by atoms with Crippen LogP contribution in [0.1, 0.15) is 32.6 Å². The summed E-state index contributed by atoms with van der Waals surface area (Å²) in [5, 5.41) is 12.1. The van der Waals surface area contributed by atoms with Gasteiger partial charge in [0.1, 0.15) is 11.6 Å². The summed E-state index contributed by atoms with van der Waals surface area (Å²) in [5.41, 5.74) is 1.05. The van der Waals surface area contributed by atoms with Gasteiger partial charge in [-0.3, -0.25) is 0 Å². The summed E-state index contributed by atoms with van der Waals surface area (Å²) in [6, 6.07) is 8.31. The van der Waals surface area contributed by atoms with Crippen molar-refractivity contribution in [3.8, 4) is 17.1 Å². The van der Waals surface area contributed by atoms with Crippen molar-refractivity contribution in [1.29, 1.82) is 0 Å². The molecular weight excluding hydrogens is 252 g/mol. The summed E-state index contributed by atoms with van der Waals surface area (Å²) in [7, 11) is 0. The highest BCUT2D eigenvalue weighted by Gasteiger charge is 2.22. The normalized spacial score (nSPS) is 18.1. The molecule has 1 unspecified atom stereocenters. The van der Waals surface area contributed by atoms with E-state index in [0.717, 1.165) is 36.1 Å². The van der Waals surface area contributed by atoms with Crippen LogP contribution in [0.4, 0.5) is 0 Å². The Kier molecular flexibility index (Phi) is 3.44. The maximum atomic E-state index is 5.75. The van der Waals surface area contributed by atoms with Gasteiger partial charge in [0.15, 0.2) is 5.82 Å². The predicted molar refractivity (Wildman–Crippen MR) is 77.6 cm³/mol. The van der Waals surface area contributed by atoms with E-state index in [2.05, 4.69) is 33.1 Å². The third-order valence-electron chi connectivity index (χ3n) is 3.42. The summed E-state index contributed by atoms with van der Waals surface area (Å²) in [6.07, 6.45) is 0.168. The van der Waals surface area contributed by atoms with Gasteiger partial charge in [0.25, 0.3) is 0 Å². The van der Waals surface area contributed by atoms with Crippen LogP contribution in [0, 0.1) is 0 Å². The lowest BCUT2D eigenvalue weighted by molar-refractivity contribution is 0.242. The number of benzene rings is 1. The van der Waals surface area contributed by atoms with E-state index in [1.54, 1.807) is 0 Å². The highest BCUT2D eigenvalue weighted by molar-refractivity contribution is 5.58. The molecule has 1 atom stereocenters. The second-order valence-corrected chi connectivity index (χ2v) is 5.40. The molecule has 1 aromatic carbocycles. The number of fused-ring (bicyclic) bond motifs is 1. The van der Waals surface area contributed by atoms with Crippen LogP contribution in [0.2, 0.25) is 0 Å². The largest absolute Gasteiger partial charge is 0.491 e. The Hall–Kier alpha value is -1.88. The zero-order valence-corrected chi connectivity index (χ0v) is 12.1. The first-order chi connectivity index (χ1) is 9.65. The van der Waals surface area contributed by atoms with E-state index in [4.69, 9.17) is 4.74 Å². The Bertz CT molecular complexity index is 606. The molecule has 1 N–H and O–H groups in total. The fourth-order valence-corrected chi connectivity index (χ4v) is 2.53. The van der Waals surface area contributed by atoms with E-state index in [-0.39, 0.29) is 12.1 Å². The molecule has 1 aromatic heterocycles. The van der Waals surface area contributed by atoms with Crippen molar-refractivity contribution in [2.24, 2.45) is 0 Å². The first-order valence-corrected chi connectivity index (χ1v) is 7.08. The highest BCUT2D eigenvalue weighted by atomic mass is 16.5. The van der Waals surface area contributed by atoms with Gasteiger partial charge in [-0.05, 0) is 32.9 Å². The van der Waals surface area contributed by atoms with Gasteiger partial charge in [-0.15, -0.1) is 10.2 Å². The van der Waals surface area contributed by atoms with Crippen LogP contribution >= 0.6 is 0 Å². The lowest BCUT2D eigenvalue weighted by Gasteiger charge is -2.22. The number of nitrogens with one attached hydrogen (secondary N) is 1. The van der Waals surface area contributed by atoms with Crippen LogP contribution in [-0.2, 0) is 6.54 Å². The lowest BCUT2D eigenvalue weighted by atomic mass is 10.2. The topological polar surface area (TPSA) is 52.0 Å². The predicted octanol–water partition coefficient (Wildman–Crippen LogP) is 2.40. The van der Waals surface area contributed by atoms with Crippen molar-refractivity contribution < 1.29 is 4.74 Å². The van der Waals surface area contributed by atoms with Gasteiger partial charge in [0.05, 0.1) is 12.1 Å². The van der Waals surface area contributed by atoms with E-state index < -0.39 is 0 Å². The number of ether oxygens (including phenoxy) is 1. The smallest absolute Gasteiger partial charge is 0.164 e. The van der Waals surface area contributed by atoms with Crippen LogP contribution in [-0.4, -0.2) is 27.4 Å². The van der Waals surface area contributed by atoms with Crippen LogP contribution in [0.5, 0.6) is 5.75 Å². The van der Waals surface area contributed by atoms with Gasteiger partial charge < -0.3 is 14.6 Å². The molecule has 0 saturated carbocycles.